The zero-order valence-corrected chi connectivity index (χ0v) is 8.54. The lowest BCUT2D eigenvalue weighted by Crippen LogP contribution is -1.85. The number of isocyanates is 1. The van der Waals surface area contributed by atoms with Gasteiger partial charge in [0.2, 0.25) is 6.08 Å². The van der Waals surface area contributed by atoms with E-state index in [9.17, 15) is 4.79 Å². The average Bonchev–Trinajstić information content (AvgIpc) is 2.04. The van der Waals surface area contributed by atoms with E-state index in [1.54, 1.807) is 0 Å². The summed E-state index contributed by atoms with van der Waals surface area (Å²) in [5, 5.41) is 0. The molecule has 0 fully saturated rings. The van der Waals surface area contributed by atoms with Gasteiger partial charge >= 0.3 is 0 Å². The van der Waals surface area contributed by atoms with E-state index in [1.807, 2.05) is 24.3 Å². The van der Waals surface area contributed by atoms with Crippen LogP contribution in [0.25, 0.3) is 0 Å². The van der Waals surface area contributed by atoms with Gasteiger partial charge in [-0.1, -0.05) is 34.6 Å². The second kappa shape index (κ2) is 4.75. The SMILES string of the molecule is C=C(Cc1cccc(Br)c1)N=C=O. The van der Waals surface area contributed by atoms with Crippen molar-refractivity contribution in [3.8, 4) is 0 Å². The van der Waals surface area contributed by atoms with Crippen molar-refractivity contribution in [2.45, 2.75) is 6.42 Å². The third-order valence-corrected chi connectivity index (χ3v) is 1.99. The first-order valence-corrected chi connectivity index (χ1v) is 4.52. The summed E-state index contributed by atoms with van der Waals surface area (Å²) >= 11 is 3.35. The highest BCUT2D eigenvalue weighted by Crippen LogP contribution is 2.14. The van der Waals surface area contributed by atoms with Crippen LogP contribution in [-0.4, -0.2) is 6.08 Å². The Hall–Kier alpha value is -1.18. The van der Waals surface area contributed by atoms with Crippen molar-refractivity contribution in [2.24, 2.45) is 4.99 Å². The molecule has 0 N–H and O–H groups in total. The summed E-state index contributed by atoms with van der Waals surface area (Å²) < 4.78 is 1.01. The molecule has 0 heterocycles. The minimum atomic E-state index is 0.521. The van der Waals surface area contributed by atoms with Crippen LogP contribution in [0.5, 0.6) is 0 Å². The van der Waals surface area contributed by atoms with Crippen LogP contribution in [-0.2, 0) is 11.2 Å². The number of nitrogens with zero attached hydrogens (tertiary/aromatic N) is 1. The lowest BCUT2D eigenvalue weighted by atomic mass is 10.1. The van der Waals surface area contributed by atoms with Crippen molar-refractivity contribution in [1.29, 1.82) is 0 Å². The molecule has 0 aliphatic rings. The summed E-state index contributed by atoms with van der Waals surface area (Å²) in [5.74, 6) is 0. The Kier molecular flexibility index (Phi) is 3.62. The molecular weight excluding hydrogens is 230 g/mol. The molecule has 0 atom stereocenters. The number of halogens is 1. The molecule has 0 spiro atoms. The minimum Gasteiger partial charge on any atom is -0.211 e. The zero-order chi connectivity index (χ0) is 9.68. The van der Waals surface area contributed by atoms with Crippen molar-refractivity contribution < 1.29 is 4.79 Å². The fraction of sp³-hybridized carbons (Fsp3) is 0.100. The van der Waals surface area contributed by atoms with E-state index >= 15 is 0 Å². The highest BCUT2D eigenvalue weighted by Gasteiger charge is 1.96. The van der Waals surface area contributed by atoms with Crippen LogP contribution in [0.4, 0.5) is 0 Å². The molecule has 2 nitrogen and oxygen atoms in total. The number of hydrogen-bond acceptors (Lipinski definition) is 2. The van der Waals surface area contributed by atoms with Crippen LogP contribution in [0.3, 0.4) is 0 Å². The van der Waals surface area contributed by atoms with E-state index in [-0.39, 0.29) is 0 Å². The highest BCUT2D eigenvalue weighted by atomic mass is 79.9. The fourth-order valence-corrected chi connectivity index (χ4v) is 1.43. The van der Waals surface area contributed by atoms with Gasteiger partial charge < -0.3 is 0 Å². The maximum Gasteiger partial charge on any atom is 0.240 e. The molecular formula is C10H8BrNO. The van der Waals surface area contributed by atoms with Gasteiger partial charge in [-0.05, 0) is 17.7 Å². The summed E-state index contributed by atoms with van der Waals surface area (Å²) in [6, 6.07) is 7.79. The standard InChI is InChI=1S/C10H8BrNO/c1-8(12-7-13)5-9-3-2-4-10(11)6-9/h2-4,6H,1,5H2. The summed E-state index contributed by atoms with van der Waals surface area (Å²) in [7, 11) is 0. The number of rotatable bonds is 3. The number of aliphatic imine (C=N–C) groups is 1. The maximum atomic E-state index is 9.91. The van der Waals surface area contributed by atoms with Gasteiger partial charge in [0.15, 0.2) is 0 Å². The Morgan fingerprint density at radius 2 is 2.38 bits per heavy atom. The van der Waals surface area contributed by atoms with Gasteiger partial charge in [-0.2, -0.15) is 4.99 Å². The Balaban J connectivity index is 2.74. The van der Waals surface area contributed by atoms with Crippen molar-refractivity contribution in [2.75, 3.05) is 0 Å². The Labute approximate surface area is 85.1 Å². The second-order valence-electron chi connectivity index (χ2n) is 2.58. The van der Waals surface area contributed by atoms with Crippen LogP contribution >= 0.6 is 15.9 Å². The molecule has 0 radical (unpaired) electrons. The molecule has 0 bridgehead atoms. The normalized spacial score (nSPS) is 9.00. The van der Waals surface area contributed by atoms with Crippen molar-refractivity contribution in [3.63, 3.8) is 0 Å². The first kappa shape index (κ1) is 9.90. The van der Waals surface area contributed by atoms with Crippen LogP contribution in [0.15, 0.2) is 46.0 Å². The summed E-state index contributed by atoms with van der Waals surface area (Å²) in [6.07, 6.45) is 2.04. The predicted octanol–water partition coefficient (Wildman–Crippen LogP) is 2.84. The Bertz CT molecular complexity index is 367. The minimum absolute atomic E-state index is 0.521. The number of carbonyl (C=O) groups excluding carboxylic acids is 1. The maximum absolute atomic E-state index is 9.91. The van der Waals surface area contributed by atoms with Gasteiger partial charge in [-0.15, -0.1) is 0 Å². The van der Waals surface area contributed by atoms with Gasteiger partial charge in [0.05, 0.1) is 5.70 Å². The molecule has 1 aromatic carbocycles. The van der Waals surface area contributed by atoms with Crippen LogP contribution < -0.4 is 0 Å². The molecule has 1 aromatic rings. The molecule has 0 amide bonds. The highest BCUT2D eigenvalue weighted by molar-refractivity contribution is 9.10. The largest absolute Gasteiger partial charge is 0.240 e. The quantitative estimate of drug-likeness (QED) is 0.588. The van der Waals surface area contributed by atoms with Gasteiger partial charge in [0.25, 0.3) is 0 Å². The van der Waals surface area contributed by atoms with E-state index < -0.39 is 0 Å². The van der Waals surface area contributed by atoms with E-state index in [1.165, 1.54) is 6.08 Å². The van der Waals surface area contributed by atoms with E-state index in [4.69, 9.17) is 0 Å². The average molecular weight is 238 g/mol. The molecule has 0 aliphatic heterocycles. The van der Waals surface area contributed by atoms with Crippen molar-refractivity contribution >= 4 is 22.0 Å². The first-order valence-electron chi connectivity index (χ1n) is 3.72. The molecule has 66 valence electrons. The lowest BCUT2D eigenvalue weighted by Gasteiger charge is -1.99. The predicted molar refractivity (Wildman–Crippen MR) is 55.1 cm³/mol. The molecule has 0 unspecified atom stereocenters. The van der Waals surface area contributed by atoms with Crippen LogP contribution in [0.2, 0.25) is 0 Å². The first-order chi connectivity index (χ1) is 6.22. The van der Waals surface area contributed by atoms with Crippen LogP contribution in [0.1, 0.15) is 5.56 Å². The molecule has 0 aliphatic carbocycles. The van der Waals surface area contributed by atoms with Gasteiger partial charge in [0.1, 0.15) is 0 Å². The van der Waals surface area contributed by atoms with E-state index in [2.05, 4.69) is 27.5 Å². The molecule has 13 heavy (non-hydrogen) atoms. The van der Waals surface area contributed by atoms with Gasteiger partial charge in [-0.3, -0.25) is 0 Å². The molecule has 0 aromatic heterocycles. The second-order valence-corrected chi connectivity index (χ2v) is 3.49. The van der Waals surface area contributed by atoms with Crippen molar-refractivity contribution in [1.82, 2.24) is 0 Å². The third kappa shape index (κ3) is 3.36. The molecule has 0 saturated carbocycles. The summed E-state index contributed by atoms with van der Waals surface area (Å²) in [6.45, 7) is 3.62. The fourth-order valence-electron chi connectivity index (χ4n) is 0.987. The third-order valence-electron chi connectivity index (χ3n) is 1.50. The number of hydrogen-bond donors (Lipinski definition) is 0. The lowest BCUT2D eigenvalue weighted by molar-refractivity contribution is 0.564. The van der Waals surface area contributed by atoms with Gasteiger partial charge in [0, 0.05) is 10.9 Å². The van der Waals surface area contributed by atoms with Crippen molar-refractivity contribution in [3.05, 3.63) is 46.6 Å². The number of allylic oxidation sites excluding steroid dienone is 1. The van der Waals surface area contributed by atoms with E-state index in [0.717, 1.165) is 10.0 Å². The number of benzene rings is 1. The monoisotopic (exact) mass is 237 g/mol. The Morgan fingerprint density at radius 1 is 1.62 bits per heavy atom. The molecule has 1 rings (SSSR count). The smallest absolute Gasteiger partial charge is 0.211 e. The summed E-state index contributed by atoms with van der Waals surface area (Å²) in [5.41, 5.74) is 1.59. The zero-order valence-electron chi connectivity index (χ0n) is 6.96. The van der Waals surface area contributed by atoms with Crippen LogP contribution in [0, 0.1) is 0 Å². The molecule has 3 heteroatoms. The van der Waals surface area contributed by atoms with Gasteiger partial charge in [-0.25, -0.2) is 4.79 Å². The van der Waals surface area contributed by atoms with E-state index in [0.29, 0.717) is 12.1 Å². The summed E-state index contributed by atoms with van der Waals surface area (Å²) in [4.78, 5) is 13.3. The Morgan fingerprint density at radius 3 is 3.00 bits per heavy atom. The molecule has 0 saturated heterocycles. The topological polar surface area (TPSA) is 29.4 Å².